The third-order valence-electron chi connectivity index (χ3n) is 5.01. The second kappa shape index (κ2) is 7.95. The molecule has 1 aromatic carbocycles. The largest absolute Gasteiger partial charge is 0.313 e. The molecule has 118 valence electrons. The Morgan fingerprint density at radius 2 is 1.86 bits per heavy atom. The molecule has 0 amide bonds. The van der Waals surface area contributed by atoms with Crippen LogP contribution >= 0.6 is 0 Å². The summed E-state index contributed by atoms with van der Waals surface area (Å²) in [5, 5.41) is 3.62. The van der Waals surface area contributed by atoms with E-state index < -0.39 is 0 Å². The Kier molecular flexibility index (Phi) is 6.25. The number of benzene rings is 1. The summed E-state index contributed by atoms with van der Waals surface area (Å²) in [6.45, 7) is 13.7. The van der Waals surface area contributed by atoms with Crippen LogP contribution in [0.15, 0.2) is 12.1 Å². The van der Waals surface area contributed by atoms with E-state index >= 15 is 0 Å². The van der Waals surface area contributed by atoms with Crippen molar-refractivity contribution in [2.45, 2.75) is 66.0 Å². The number of likely N-dealkylation sites (tertiary alicyclic amines) is 1. The molecule has 1 fully saturated rings. The number of hydrogen-bond donors (Lipinski definition) is 1. The Hall–Kier alpha value is -0.860. The Balaban J connectivity index is 1.69. The summed E-state index contributed by atoms with van der Waals surface area (Å²) < 4.78 is 0. The van der Waals surface area contributed by atoms with Gasteiger partial charge in [-0.2, -0.15) is 0 Å². The van der Waals surface area contributed by atoms with Gasteiger partial charge >= 0.3 is 0 Å². The summed E-state index contributed by atoms with van der Waals surface area (Å²) in [6, 6.07) is 5.44. The van der Waals surface area contributed by atoms with Crippen molar-refractivity contribution >= 4 is 0 Å². The molecule has 0 radical (unpaired) electrons. The highest BCUT2D eigenvalue weighted by molar-refractivity contribution is 5.36. The van der Waals surface area contributed by atoms with Gasteiger partial charge in [0, 0.05) is 12.6 Å². The van der Waals surface area contributed by atoms with Crippen molar-refractivity contribution in [1.29, 1.82) is 0 Å². The summed E-state index contributed by atoms with van der Waals surface area (Å²) in [6.07, 6.45) is 5.45. The standard InChI is InChI=1S/C19H32N2/c1-15-12-17(3)19(13-16(15)2)14-20-9-7-11-21-10-6-5-8-18(21)4/h12-13,18,20H,5-11,14H2,1-4H3. The van der Waals surface area contributed by atoms with Crippen LogP contribution < -0.4 is 5.32 Å². The molecule has 2 nitrogen and oxygen atoms in total. The van der Waals surface area contributed by atoms with Gasteiger partial charge in [-0.05, 0) is 88.8 Å². The third-order valence-corrected chi connectivity index (χ3v) is 5.01. The Labute approximate surface area is 130 Å². The number of nitrogens with zero attached hydrogens (tertiary/aromatic N) is 1. The van der Waals surface area contributed by atoms with Crippen LogP contribution in [-0.2, 0) is 6.54 Å². The first kappa shape index (κ1) is 16.5. The third kappa shape index (κ3) is 4.82. The molecular weight excluding hydrogens is 256 g/mol. The smallest absolute Gasteiger partial charge is 0.0208 e. The minimum atomic E-state index is 0.792. The lowest BCUT2D eigenvalue weighted by Crippen LogP contribution is -2.38. The topological polar surface area (TPSA) is 15.3 Å². The lowest BCUT2D eigenvalue weighted by molar-refractivity contribution is 0.159. The highest BCUT2D eigenvalue weighted by atomic mass is 15.2. The molecule has 21 heavy (non-hydrogen) atoms. The molecule has 0 spiro atoms. The van der Waals surface area contributed by atoms with E-state index in [1.165, 1.54) is 61.0 Å². The Morgan fingerprint density at radius 3 is 2.62 bits per heavy atom. The number of hydrogen-bond acceptors (Lipinski definition) is 2. The summed E-state index contributed by atoms with van der Waals surface area (Å²) in [7, 11) is 0. The van der Waals surface area contributed by atoms with E-state index in [-0.39, 0.29) is 0 Å². The van der Waals surface area contributed by atoms with Gasteiger partial charge in [0.2, 0.25) is 0 Å². The van der Waals surface area contributed by atoms with Crippen LogP contribution in [0.1, 0.15) is 54.9 Å². The van der Waals surface area contributed by atoms with Crippen molar-refractivity contribution in [3.05, 3.63) is 34.4 Å². The van der Waals surface area contributed by atoms with Gasteiger partial charge in [-0.1, -0.05) is 18.6 Å². The van der Waals surface area contributed by atoms with E-state index in [0.717, 1.165) is 19.1 Å². The second-order valence-corrected chi connectivity index (χ2v) is 6.77. The lowest BCUT2D eigenvalue weighted by atomic mass is 10.0. The normalized spacial score (nSPS) is 19.9. The Morgan fingerprint density at radius 1 is 1.10 bits per heavy atom. The number of aryl methyl sites for hydroxylation is 3. The van der Waals surface area contributed by atoms with Crippen LogP contribution in [0.5, 0.6) is 0 Å². The average molecular weight is 288 g/mol. The summed E-state index contributed by atoms with van der Waals surface area (Å²) >= 11 is 0. The first-order valence-corrected chi connectivity index (χ1v) is 8.59. The molecule has 1 aliphatic rings. The first-order valence-electron chi connectivity index (χ1n) is 8.59. The molecule has 1 atom stereocenters. The van der Waals surface area contributed by atoms with E-state index in [2.05, 4.69) is 50.0 Å². The van der Waals surface area contributed by atoms with E-state index in [0.29, 0.717) is 0 Å². The zero-order chi connectivity index (χ0) is 15.2. The van der Waals surface area contributed by atoms with Gasteiger partial charge in [-0.25, -0.2) is 0 Å². The molecule has 1 N–H and O–H groups in total. The quantitative estimate of drug-likeness (QED) is 0.797. The van der Waals surface area contributed by atoms with Gasteiger partial charge in [-0.15, -0.1) is 0 Å². The Bertz CT molecular complexity index is 453. The molecule has 0 bridgehead atoms. The molecule has 1 heterocycles. The van der Waals surface area contributed by atoms with E-state index in [4.69, 9.17) is 0 Å². The van der Waals surface area contributed by atoms with Crippen molar-refractivity contribution in [3.63, 3.8) is 0 Å². The van der Waals surface area contributed by atoms with Crippen LogP contribution in [0.2, 0.25) is 0 Å². The summed E-state index contributed by atoms with van der Waals surface area (Å²) in [4.78, 5) is 2.66. The molecule has 2 heteroatoms. The maximum Gasteiger partial charge on any atom is 0.0208 e. The molecule has 1 aliphatic heterocycles. The minimum Gasteiger partial charge on any atom is -0.313 e. The summed E-state index contributed by atoms with van der Waals surface area (Å²) in [5.41, 5.74) is 5.66. The van der Waals surface area contributed by atoms with Crippen LogP contribution in [0, 0.1) is 20.8 Å². The van der Waals surface area contributed by atoms with Crippen LogP contribution in [0.4, 0.5) is 0 Å². The fourth-order valence-corrected chi connectivity index (χ4v) is 3.33. The SMILES string of the molecule is Cc1cc(C)c(CNCCCN2CCCCC2C)cc1C. The molecule has 1 saturated heterocycles. The van der Waals surface area contributed by atoms with Gasteiger partial charge in [0.15, 0.2) is 0 Å². The lowest BCUT2D eigenvalue weighted by Gasteiger charge is -2.33. The zero-order valence-corrected chi connectivity index (χ0v) is 14.3. The fraction of sp³-hybridized carbons (Fsp3) is 0.684. The van der Waals surface area contributed by atoms with Crippen molar-refractivity contribution < 1.29 is 0 Å². The maximum absolute atomic E-state index is 3.62. The number of rotatable bonds is 6. The monoisotopic (exact) mass is 288 g/mol. The molecule has 0 aliphatic carbocycles. The fourth-order valence-electron chi connectivity index (χ4n) is 3.33. The predicted molar refractivity (Wildman–Crippen MR) is 91.9 cm³/mol. The van der Waals surface area contributed by atoms with E-state index in [1.807, 2.05) is 0 Å². The minimum absolute atomic E-state index is 0.792. The number of nitrogens with one attached hydrogen (secondary N) is 1. The van der Waals surface area contributed by atoms with E-state index in [1.54, 1.807) is 0 Å². The van der Waals surface area contributed by atoms with Gasteiger partial charge in [0.25, 0.3) is 0 Å². The van der Waals surface area contributed by atoms with Gasteiger partial charge < -0.3 is 10.2 Å². The second-order valence-electron chi connectivity index (χ2n) is 6.77. The van der Waals surface area contributed by atoms with Gasteiger partial charge in [-0.3, -0.25) is 0 Å². The van der Waals surface area contributed by atoms with Gasteiger partial charge in [0.1, 0.15) is 0 Å². The molecule has 1 aromatic rings. The molecular formula is C19H32N2. The first-order chi connectivity index (χ1) is 10.1. The van der Waals surface area contributed by atoms with Crippen LogP contribution in [0.25, 0.3) is 0 Å². The predicted octanol–water partition coefficient (Wildman–Crippen LogP) is 3.97. The molecule has 0 saturated carbocycles. The van der Waals surface area contributed by atoms with Crippen molar-refractivity contribution in [2.75, 3.05) is 19.6 Å². The van der Waals surface area contributed by atoms with E-state index in [9.17, 15) is 0 Å². The highest BCUT2D eigenvalue weighted by Crippen LogP contribution is 2.17. The van der Waals surface area contributed by atoms with Crippen molar-refractivity contribution in [2.24, 2.45) is 0 Å². The molecule has 2 rings (SSSR count). The average Bonchev–Trinajstić information content (AvgIpc) is 2.45. The van der Waals surface area contributed by atoms with Crippen LogP contribution in [0.3, 0.4) is 0 Å². The maximum atomic E-state index is 3.62. The molecule has 0 aromatic heterocycles. The molecule has 1 unspecified atom stereocenters. The summed E-state index contributed by atoms with van der Waals surface area (Å²) in [5.74, 6) is 0. The number of piperidine rings is 1. The van der Waals surface area contributed by atoms with Gasteiger partial charge in [0.05, 0.1) is 0 Å². The zero-order valence-electron chi connectivity index (χ0n) is 14.3. The van der Waals surface area contributed by atoms with Crippen LogP contribution in [-0.4, -0.2) is 30.6 Å². The van der Waals surface area contributed by atoms with Crippen molar-refractivity contribution in [1.82, 2.24) is 10.2 Å². The van der Waals surface area contributed by atoms with Crippen molar-refractivity contribution in [3.8, 4) is 0 Å². The highest BCUT2D eigenvalue weighted by Gasteiger charge is 2.16.